The van der Waals surface area contributed by atoms with E-state index in [1.54, 1.807) is 24.4 Å². The predicted molar refractivity (Wildman–Crippen MR) is 91.8 cm³/mol. The molecule has 2 aromatic rings. The van der Waals surface area contributed by atoms with Gasteiger partial charge in [-0.1, -0.05) is 6.07 Å². The molecule has 128 valence electrons. The molecule has 1 aromatic heterocycles. The molecule has 0 saturated carbocycles. The molecule has 1 saturated heterocycles. The van der Waals surface area contributed by atoms with Gasteiger partial charge in [0.2, 0.25) is 5.95 Å². The van der Waals surface area contributed by atoms with Crippen LogP contribution in [0.1, 0.15) is 13.3 Å². The number of aromatic nitrogens is 2. The molecule has 1 fully saturated rings. The number of hydrogen-bond acceptors (Lipinski definition) is 6. The van der Waals surface area contributed by atoms with Gasteiger partial charge in [0.15, 0.2) is 9.84 Å². The van der Waals surface area contributed by atoms with Crippen LogP contribution in [-0.4, -0.2) is 42.5 Å². The minimum Gasteiger partial charge on any atom is -0.353 e. The fourth-order valence-corrected chi connectivity index (χ4v) is 4.62. The average Bonchev–Trinajstić information content (AvgIpc) is 2.88. The summed E-state index contributed by atoms with van der Waals surface area (Å²) in [4.78, 5) is 10.6. The highest BCUT2D eigenvalue weighted by molar-refractivity contribution is 7.91. The van der Waals surface area contributed by atoms with Crippen molar-refractivity contribution >= 4 is 27.3 Å². The third kappa shape index (κ3) is 3.81. The number of nitrogens with zero attached hydrogens (tertiary/aromatic N) is 3. The van der Waals surface area contributed by atoms with Crippen molar-refractivity contribution in [2.24, 2.45) is 0 Å². The Kier molecular flexibility index (Phi) is 4.66. The summed E-state index contributed by atoms with van der Waals surface area (Å²) in [6.07, 6.45) is 2.21. The number of anilines is 3. The lowest BCUT2D eigenvalue weighted by Crippen LogP contribution is -2.36. The van der Waals surface area contributed by atoms with Gasteiger partial charge < -0.3 is 10.2 Å². The molecule has 6 nitrogen and oxygen atoms in total. The van der Waals surface area contributed by atoms with Crippen LogP contribution in [-0.2, 0) is 9.84 Å². The van der Waals surface area contributed by atoms with Gasteiger partial charge in [-0.15, -0.1) is 0 Å². The highest BCUT2D eigenvalue weighted by Crippen LogP contribution is 2.24. The van der Waals surface area contributed by atoms with E-state index < -0.39 is 9.84 Å². The first-order valence-corrected chi connectivity index (χ1v) is 9.62. The predicted octanol–water partition coefficient (Wildman–Crippen LogP) is 2.37. The first kappa shape index (κ1) is 16.6. The standard InChI is InChI=1S/C16H19FN4O2S/c1-2-21(14-7-9-24(22,23)11-14)15-6-8-18-16(20-15)19-13-5-3-4-12(17)10-13/h3-6,8,10,14H,2,7,9,11H2,1H3,(H,18,19,20). The Morgan fingerprint density at radius 3 is 2.88 bits per heavy atom. The molecule has 1 atom stereocenters. The molecule has 1 aliphatic heterocycles. The van der Waals surface area contributed by atoms with E-state index in [-0.39, 0.29) is 23.4 Å². The van der Waals surface area contributed by atoms with Crippen LogP contribution in [0.2, 0.25) is 0 Å². The van der Waals surface area contributed by atoms with Crippen molar-refractivity contribution in [1.29, 1.82) is 0 Å². The second-order valence-corrected chi connectivity index (χ2v) is 7.95. The van der Waals surface area contributed by atoms with Gasteiger partial charge in [0.05, 0.1) is 11.5 Å². The van der Waals surface area contributed by atoms with E-state index >= 15 is 0 Å². The lowest BCUT2D eigenvalue weighted by Gasteiger charge is -2.28. The van der Waals surface area contributed by atoms with Crippen molar-refractivity contribution in [3.05, 3.63) is 42.3 Å². The maximum Gasteiger partial charge on any atom is 0.229 e. The molecule has 0 spiro atoms. The number of nitrogens with one attached hydrogen (secondary N) is 1. The van der Waals surface area contributed by atoms with Crippen LogP contribution in [0.15, 0.2) is 36.5 Å². The van der Waals surface area contributed by atoms with E-state index in [1.807, 2.05) is 11.8 Å². The van der Waals surface area contributed by atoms with Gasteiger partial charge in [0.25, 0.3) is 0 Å². The minimum absolute atomic E-state index is 0.0723. The molecule has 0 amide bonds. The van der Waals surface area contributed by atoms with Gasteiger partial charge in [0.1, 0.15) is 11.6 Å². The summed E-state index contributed by atoms with van der Waals surface area (Å²) < 4.78 is 36.7. The Morgan fingerprint density at radius 2 is 2.21 bits per heavy atom. The molecule has 1 N–H and O–H groups in total. The van der Waals surface area contributed by atoms with Crippen molar-refractivity contribution in [1.82, 2.24) is 9.97 Å². The first-order chi connectivity index (χ1) is 11.5. The monoisotopic (exact) mass is 350 g/mol. The van der Waals surface area contributed by atoms with Crippen molar-refractivity contribution in [2.75, 3.05) is 28.3 Å². The molecule has 2 heterocycles. The van der Waals surface area contributed by atoms with Crippen LogP contribution in [0.4, 0.5) is 21.8 Å². The molecule has 1 aliphatic rings. The van der Waals surface area contributed by atoms with E-state index in [2.05, 4.69) is 15.3 Å². The SMILES string of the molecule is CCN(c1ccnc(Nc2cccc(F)c2)n1)C1CCS(=O)(=O)C1. The Hall–Kier alpha value is -2.22. The molecule has 8 heteroatoms. The van der Waals surface area contributed by atoms with Crippen LogP contribution in [0.25, 0.3) is 0 Å². The van der Waals surface area contributed by atoms with Crippen LogP contribution in [0, 0.1) is 5.82 Å². The van der Waals surface area contributed by atoms with Crippen molar-refractivity contribution in [3.63, 3.8) is 0 Å². The van der Waals surface area contributed by atoms with E-state index in [0.717, 1.165) is 0 Å². The number of rotatable bonds is 5. The summed E-state index contributed by atoms with van der Waals surface area (Å²) in [6.45, 7) is 2.61. The van der Waals surface area contributed by atoms with Gasteiger partial charge in [-0.05, 0) is 37.6 Å². The quantitative estimate of drug-likeness (QED) is 0.892. The maximum absolute atomic E-state index is 13.3. The molecule has 24 heavy (non-hydrogen) atoms. The topological polar surface area (TPSA) is 75.2 Å². The van der Waals surface area contributed by atoms with E-state index in [9.17, 15) is 12.8 Å². The number of halogens is 1. The summed E-state index contributed by atoms with van der Waals surface area (Å²) in [5.74, 6) is 1.03. The third-order valence-electron chi connectivity index (χ3n) is 4.01. The fraction of sp³-hybridized carbons (Fsp3) is 0.375. The van der Waals surface area contributed by atoms with Crippen molar-refractivity contribution in [2.45, 2.75) is 19.4 Å². The molecule has 0 bridgehead atoms. The Morgan fingerprint density at radius 1 is 1.38 bits per heavy atom. The zero-order valence-corrected chi connectivity index (χ0v) is 14.1. The van der Waals surface area contributed by atoms with Crippen molar-refractivity contribution < 1.29 is 12.8 Å². The molecule has 1 unspecified atom stereocenters. The zero-order chi connectivity index (χ0) is 17.2. The fourth-order valence-electron chi connectivity index (χ4n) is 2.89. The normalized spacial score (nSPS) is 19.2. The molecule has 3 rings (SSSR count). The number of benzene rings is 1. The van der Waals surface area contributed by atoms with Crippen LogP contribution in [0.5, 0.6) is 0 Å². The maximum atomic E-state index is 13.3. The highest BCUT2D eigenvalue weighted by Gasteiger charge is 2.32. The van der Waals surface area contributed by atoms with Crippen LogP contribution >= 0.6 is 0 Å². The number of sulfone groups is 1. The molecular formula is C16H19FN4O2S. The summed E-state index contributed by atoms with van der Waals surface area (Å²) in [5, 5.41) is 2.96. The van der Waals surface area contributed by atoms with E-state index in [4.69, 9.17) is 0 Å². The molecule has 0 radical (unpaired) electrons. The highest BCUT2D eigenvalue weighted by atomic mass is 32.2. The van der Waals surface area contributed by atoms with Gasteiger partial charge in [0, 0.05) is 24.5 Å². The second kappa shape index (κ2) is 6.72. The zero-order valence-electron chi connectivity index (χ0n) is 13.3. The minimum atomic E-state index is -2.96. The van der Waals surface area contributed by atoms with E-state index in [0.29, 0.717) is 30.4 Å². The van der Waals surface area contributed by atoms with Gasteiger partial charge in [-0.2, -0.15) is 4.98 Å². The van der Waals surface area contributed by atoms with Gasteiger partial charge in [-0.3, -0.25) is 0 Å². The Balaban J connectivity index is 1.81. The summed E-state index contributed by atoms with van der Waals surface area (Å²) >= 11 is 0. The Labute approximate surface area is 140 Å². The number of hydrogen-bond donors (Lipinski definition) is 1. The van der Waals surface area contributed by atoms with Gasteiger partial charge >= 0.3 is 0 Å². The van der Waals surface area contributed by atoms with E-state index in [1.165, 1.54) is 12.1 Å². The smallest absolute Gasteiger partial charge is 0.229 e. The van der Waals surface area contributed by atoms with Crippen LogP contribution < -0.4 is 10.2 Å². The lowest BCUT2D eigenvalue weighted by atomic mass is 10.2. The molecule has 1 aromatic carbocycles. The second-order valence-electron chi connectivity index (χ2n) is 5.72. The first-order valence-electron chi connectivity index (χ1n) is 7.79. The van der Waals surface area contributed by atoms with Crippen molar-refractivity contribution in [3.8, 4) is 0 Å². The lowest BCUT2D eigenvalue weighted by molar-refractivity contribution is 0.599. The molecular weight excluding hydrogens is 331 g/mol. The summed E-state index contributed by atoms with van der Waals surface area (Å²) in [5.41, 5.74) is 0.554. The molecule has 0 aliphatic carbocycles. The summed E-state index contributed by atoms with van der Waals surface area (Å²) in [7, 11) is -2.96. The Bertz CT molecular complexity index is 828. The summed E-state index contributed by atoms with van der Waals surface area (Å²) in [6, 6.07) is 7.73. The third-order valence-corrected chi connectivity index (χ3v) is 5.76. The average molecular weight is 350 g/mol. The van der Waals surface area contributed by atoms with Gasteiger partial charge in [-0.25, -0.2) is 17.8 Å². The largest absolute Gasteiger partial charge is 0.353 e. The van der Waals surface area contributed by atoms with Crippen LogP contribution in [0.3, 0.4) is 0 Å².